The van der Waals surface area contributed by atoms with Crippen LogP contribution in [-0.4, -0.2) is 5.43 Å². The first kappa shape index (κ1) is 40.7. The van der Waals surface area contributed by atoms with Crippen molar-refractivity contribution >= 4 is 37.8 Å². The maximum Gasteiger partial charge on any atom is -0.0114 e. The molecule has 0 nitrogen and oxygen atoms in total. The molecule has 0 aromatic heterocycles. The van der Waals surface area contributed by atoms with E-state index in [-0.39, 0.29) is 35.7 Å². The summed E-state index contributed by atoms with van der Waals surface area (Å²) in [5, 5.41) is 8.08. The third kappa shape index (κ3) is 9.74. The second-order valence-electron chi connectivity index (χ2n) is 14.4. The van der Waals surface area contributed by atoms with Crippen LogP contribution in [0.3, 0.4) is 0 Å². The van der Waals surface area contributed by atoms with Crippen molar-refractivity contribution in [2.24, 2.45) is 0 Å². The van der Waals surface area contributed by atoms with Crippen LogP contribution in [-0.2, 0) is 28.8 Å². The second kappa shape index (κ2) is 17.5. The van der Waals surface area contributed by atoms with Gasteiger partial charge in [-0.05, 0) is 38.8 Å². The number of fused-ring (bicyclic) bond motifs is 3. The molecule has 7 aromatic rings. The quantitative estimate of drug-likeness (QED) is 0.129. The SMILES string of the molecule is CC(C)c1cc2c(-c3ccc(C(C)(C)C)cc3)cccc2[cH-]1.C[Si](C)=[Zr+2].Cc1cc2c(-c3cccc4ccccc34)ccc(C)c2[cH-]1.[Cl-].[Cl-]. The van der Waals surface area contributed by atoms with E-state index in [0.717, 1.165) is 0 Å². The van der Waals surface area contributed by atoms with Crippen LogP contribution in [0.25, 0.3) is 54.6 Å². The molecule has 0 fully saturated rings. The summed E-state index contributed by atoms with van der Waals surface area (Å²) in [4.78, 5) is 0. The normalized spacial score (nSPS) is 10.9. The molecule has 0 heterocycles. The summed E-state index contributed by atoms with van der Waals surface area (Å²) >= 11 is 1.74. The van der Waals surface area contributed by atoms with Gasteiger partial charge in [-0.1, -0.05) is 138 Å². The minimum Gasteiger partial charge on any atom is -1.00 e. The van der Waals surface area contributed by atoms with Crippen LogP contribution in [0, 0.1) is 13.8 Å². The van der Waals surface area contributed by atoms with E-state index in [1.165, 1.54) is 76.8 Å². The second-order valence-corrected chi connectivity index (χ2v) is 23.8. The fourth-order valence-corrected chi connectivity index (χ4v) is 6.28. The Bertz CT molecular complexity index is 2150. The molecular weight excluding hydrogens is 731 g/mol. The van der Waals surface area contributed by atoms with Gasteiger partial charge < -0.3 is 24.8 Å². The number of hydrogen-bond donors (Lipinski definition) is 0. The van der Waals surface area contributed by atoms with Crippen molar-refractivity contribution in [2.75, 3.05) is 0 Å². The third-order valence-electron chi connectivity index (χ3n) is 8.83. The summed E-state index contributed by atoms with van der Waals surface area (Å²) in [6.07, 6.45) is 0. The van der Waals surface area contributed by atoms with Gasteiger partial charge >= 0.3 is 41.9 Å². The number of halogens is 2. The van der Waals surface area contributed by atoms with Gasteiger partial charge in [-0.3, -0.25) is 0 Å². The third-order valence-corrected chi connectivity index (χ3v) is 8.83. The van der Waals surface area contributed by atoms with E-state index in [1.54, 1.807) is 23.3 Å². The number of aryl methyl sites for hydroxylation is 2. The molecule has 0 amide bonds. The topological polar surface area (TPSA) is 0 Å². The molecule has 49 heavy (non-hydrogen) atoms. The number of benzene rings is 5. The Hall–Kier alpha value is -2.74. The Morgan fingerprint density at radius 1 is 0.633 bits per heavy atom. The molecule has 0 saturated carbocycles. The molecule has 0 atom stereocenters. The molecule has 0 bridgehead atoms. The molecule has 0 radical (unpaired) electrons. The maximum atomic E-state index is 2.35. The first-order chi connectivity index (χ1) is 22.3. The van der Waals surface area contributed by atoms with E-state index >= 15 is 0 Å². The Morgan fingerprint density at radius 2 is 1.22 bits per heavy atom. The van der Waals surface area contributed by atoms with E-state index in [1.807, 2.05) is 0 Å². The van der Waals surface area contributed by atoms with Crippen molar-refractivity contribution < 1.29 is 48.1 Å². The average Bonchev–Trinajstić information content (AvgIpc) is 3.65. The Balaban J connectivity index is 0.000000231. The molecule has 0 N–H and O–H groups in total. The van der Waals surface area contributed by atoms with Crippen LogP contribution in [0.2, 0.25) is 13.1 Å². The van der Waals surface area contributed by atoms with Gasteiger partial charge in [0.25, 0.3) is 0 Å². The van der Waals surface area contributed by atoms with Gasteiger partial charge in [0.05, 0.1) is 0 Å². The molecule has 0 aliphatic rings. The zero-order valence-corrected chi connectivity index (χ0v) is 35.4. The maximum absolute atomic E-state index is 2.35. The number of rotatable bonds is 3. The fraction of sp³-hybridized carbons (Fsp3) is 0.244. The molecule has 0 saturated heterocycles. The monoisotopic (exact) mass is 776 g/mol. The van der Waals surface area contributed by atoms with Crippen molar-refractivity contribution in [3.05, 3.63) is 144 Å². The summed E-state index contributed by atoms with van der Waals surface area (Å²) < 4.78 is 0. The molecule has 252 valence electrons. The zero-order valence-electron chi connectivity index (χ0n) is 30.4. The largest absolute Gasteiger partial charge is 1.00 e. The average molecular weight is 779 g/mol. The van der Waals surface area contributed by atoms with Crippen molar-refractivity contribution in [2.45, 2.75) is 72.9 Å². The molecule has 4 heteroatoms. The van der Waals surface area contributed by atoms with E-state index in [9.17, 15) is 0 Å². The first-order valence-electron chi connectivity index (χ1n) is 16.8. The summed E-state index contributed by atoms with van der Waals surface area (Å²) in [5.74, 6) is 0.573. The van der Waals surface area contributed by atoms with Gasteiger partial charge in [-0.2, -0.15) is 12.1 Å². The smallest absolute Gasteiger partial charge is 0.0114 e. The van der Waals surface area contributed by atoms with Gasteiger partial charge in [0, 0.05) is 0 Å². The fourth-order valence-electron chi connectivity index (χ4n) is 6.28. The Kier molecular flexibility index (Phi) is 14.5. The molecular formula is C45H48Cl2SiZr-2. The molecule has 7 aromatic carbocycles. The van der Waals surface area contributed by atoms with E-state index in [0.29, 0.717) is 5.92 Å². The van der Waals surface area contributed by atoms with Gasteiger partial charge in [0.15, 0.2) is 0 Å². The molecule has 0 aliphatic carbocycles. The van der Waals surface area contributed by atoms with Gasteiger partial charge in [-0.15, -0.1) is 68.6 Å². The zero-order chi connectivity index (χ0) is 33.9. The molecule has 0 unspecified atom stereocenters. The van der Waals surface area contributed by atoms with Crippen LogP contribution < -0.4 is 24.8 Å². The Morgan fingerprint density at radius 3 is 1.88 bits per heavy atom. The first-order valence-corrected chi connectivity index (χ1v) is 23.0. The summed E-state index contributed by atoms with van der Waals surface area (Å²) in [7, 11) is 0. The minimum atomic E-state index is 0. The van der Waals surface area contributed by atoms with Crippen LogP contribution in [0.15, 0.2) is 121 Å². The van der Waals surface area contributed by atoms with E-state index in [4.69, 9.17) is 0 Å². The van der Waals surface area contributed by atoms with Crippen molar-refractivity contribution in [3.63, 3.8) is 0 Å². The number of hydrogen-bond acceptors (Lipinski definition) is 0. The van der Waals surface area contributed by atoms with E-state index < -0.39 is 0 Å². The summed E-state index contributed by atoms with van der Waals surface area (Å²) in [5.41, 5.74) is 11.2. The molecule has 7 rings (SSSR count). The molecule has 0 spiro atoms. The van der Waals surface area contributed by atoms with Crippen LogP contribution >= 0.6 is 0 Å². The predicted molar refractivity (Wildman–Crippen MR) is 207 cm³/mol. The van der Waals surface area contributed by atoms with Crippen LogP contribution in [0.5, 0.6) is 0 Å². The van der Waals surface area contributed by atoms with Crippen molar-refractivity contribution in [1.29, 1.82) is 0 Å². The van der Waals surface area contributed by atoms with Gasteiger partial charge in [-0.25, -0.2) is 0 Å². The van der Waals surface area contributed by atoms with Gasteiger partial charge in [0.1, 0.15) is 0 Å². The van der Waals surface area contributed by atoms with E-state index in [2.05, 4.69) is 183 Å². The molecule has 0 aliphatic heterocycles. The van der Waals surface area contributed by atoms with Crippen molar-refractivity contribution in [3.8, 4) is 22.3 Å². The van der Waals surface area contributed by atoms with Crippen LogP contribution in [0.4, 0.5) is 0 Å². The van der Waals surface area contributed by atoms with Gasteiger partial charge in [0.2, 0.25) is 0 Å². The summed E-state index contributed by atoms with van der Waals surface area (Å²) in [6.45, 7) is 20.3. The van der Waals surface area contributed by atoms with Crippen molar-refractivity contribution in [1.82, 2.24) is 0 Å². The van der Waals surface area contributed by atoms with Crippen LogP contribution in [0.1, 0.15) is 62.8 Å². The minimum absolute atomic E-state index is 0. The summed E-state index contributed by atoms with van der Waals surface area (Å²) in [6, 6.07) is 44.6. The Labute approximate surface area is 322 Å². The predicted octanol–water partition coefficient (Wildman–Crippen LogP) is 7.43. The standard InChI is InChI=1S/C22H25.C21H17.C2H6Si.2ClH.Zr/c1-15(2)18-13-17-7-6-8-20(21(17)14-18)16-9-11-19(12-10-16)22(3,4)5;1-14-12-20-15(2)10-11-19(21(20)13-14)18-9-5-7-16-6-3-4-8-17(16)18;1-3-2;;;/h6-15H,1-5H3;3-13H,1-2H3;1-2H3;2*1H;/q2*-1;;;;+2/p-2.